The molecule has 0 saturated carbocycles. The highest BCUT2D eigenvalue weighted by molar-refractivity contribution is 6.03. The maximum Gasteiger partial charge on any atom is 0.338 e. The number of hydrogen-bond acceptors (Lipinski definition) is 7. The van der Waals surface area contributed by atoms with Crippen molar-refractivity contribution < 1.29 is 28.5 Å². The summed E-state index contributed by atoms with van der Waals surface area (Å²) in [4.78, 5) is 46.5. The predicted octanol–water partition coefficient (Wildman–Crippen LogP) is 3.48. The van der Waals surface area contributed by atoms with Crippen LogP contribution in [-0.4, -0.2) is 29.2 Å². The lowest BCUT2D eigenvalue weighted by molar-refractivity contribution is -0.384. The first kappa shape index (κ1) is 19.5. The maximum atomic E-state index is 12.2. The molecular weight excluding hydrogens is 380 g/mol. The van der Waals surface area contributed by atoms with Gasteiger partial charge in [0.25, 0.3) is 11.6 Å². The van der Waals surface area contributed by atoms with E-state index in [-0.39, 0.29) is 22.6 Å². The number of rotatable bonds is 7. The molecule has 1 amide bonds. The second-order valence-electron chi connectivity index (χ2n) is 5.82. The zero-order chi connectivity index (χ0) is 20.8. The van der Waals surface area contributed by atoms with Crippen LogP contribution in [0.25, 0.3) is 0 Å². The fraction of sp³-hybridized carbons (Fsp3) is 0.0500. The molecule has 1 heterocycles. The van der Waals surface area contributed by atoms with Gasteiger partial charge in [-0.1, -0.05) is 18.2 Å². The Kier molecular flexibility index (Phi) is 5.79. The van der Waals surface area contributed by atoms with Crippen molar-refractivity contribution in [2.75, 3.05) is 11.9 Å². The van der Waals surface area contributed by atoms with Crippen LogP contribution in [0.15, 0.2) is 71.3 Å². The molecule has 3 aromatic rings. The van der Waals surface area contributed by atoms with Crippen LogP contribution in [0.1, 0.15) is 31.3 Å². The van der Waals surface area contributed by atoms with Gasteiger partial charge >= 0.3 is 5.97 Å². The van der Waals surface area contributed by atoms with Gasteiger partial charge in [-0.15, -0.1) is 0 Å². The lowest BCUT2D eigenvalue weighted by Gasteiger charge is -2.07. The van der Waals surface area contributed by atoms with Gasteiger partial charge in [0.05, 0.1) is 16.7 Å². The molecule has 146 valence electrons. The van der Waals surface area contributed by atoms with Crippen molar-refractivity contribution in [3.63, 3.8) is 0 Å². The molecule has 0 atom stereocenters. The van der Waals surface area contributed by atoms with Crippen LogP contribution in [0.4, 0.5) is 11.4 Å². The highest BCUT2D eigenvalue weighted by atomic mass is 16.6. The molecule has 9 heteroatoms. The molecule has 0 spiro atoms. The highest BCUT2D eigenvalue weighted by Crippen LogP contribution is 2.16. The Labute approximate surface area is 164 Å². The first-order valence-electron chi connectivity index (χ1n) is 8.34. The van der Waals surface area contributed by atoms with Gasteiger partial charge in [-0.2, -0.15) is 0 Å². The Morgan fingerprint density at radius 3 is 2.48 bits per heavy atom. The summed E-state index contributed by atoms with van der Waals surface area (Å²) in [6.45, 7) is -0.580. The summed E-state index contributed by atoms with van der Waals surface area (Å²) in [5.41, 5.74) is 0.286. The normalized spacial score (nSPS) is 10.2. The van der Waals surface area contributed by atoms with E-state index in [1.807, 2.05) is 0 Å². The average molecular weight is 394 g/mol. The molecule has 0 radical (unpaired) electrons. The Hall–Kier alpha value is -4.27. The third-order valence-electron chi connectivity index (χ3n) is 3.81. The largest absolute Gasteiger partial charge is 0.459 e. The van der Waals surface area contributed by atoms with E-state index in [0.717, 1.165) is 6.07 Å². The number of nitro groups is 1. The molecular formula is C20H14N2O7. The molecule has 0 unspecified atom stereocenters. The maximum absolute atomic E-state index is 12.2. The molecule has 0 aliphatic heterocycles. The third-order valence-corrected chi connectivity index (χ3v) is 3.81. The minimum Gasteiger partial charge on any atom is -0.459 e. The van der Waals surface area contributed by atoms with Crippen molar-refractivity contribution in [1.29, 1.82) is 0 Å². The number of carbonyl (C=O) groups is 3. The summed E-state index contributed by atoms with van der Waals surface area (Å²) in [6, 6.07) is 14.2. The standard InChI is InChI=1S/C20H14N2O7/c23-17(13-4-2-7-16(11-13)22(26)27)12-29-20(25)14-5-1-6-15(10-14)21-19(24)18-8-3-9-28-18/h1-11H,12H2,(H,21,24). The molecule has 0 aliphatic carbocycles. The van der Waals surface area contributed by atoms with Crippen LogP contribution in [0.3, 0.4) is 0 Å². The Morgan fingerprint density at radius 2 is 1.76 bits per heavy atom. The van der Waals surface area contributed by atoms with Crippen LogP contribution in [-0.2, 0) is 4.74 Å². The van der Waals surface area contributed by atoms with Gasteiger partial charge in [-0.3, -0.25) is 19.7 Å². The number of carbonyl (C=O) groups excluding carboxylic acids is 3. The molecule has 0 aliphatic rings. The molecule has 3 rings (SSSR count). The van der Waals surface area contributed by atoms with Crippen LogP contribution in [0.5, 0.6) is 0 Å². The number of benzene rings is 2. The second kappa shape index (κ2) is 8.61. The van der Waals surface area contributed by atoms with E-state index in [1.54, 1.807) is 12.1 Å². The van der Waals surface area contributed by atoms with Gasteiger partial charge in [0, 0.05) is 23.4 Å². The van der Waals surface area contributed by atoms with E-state index in [9.17, 15) is 24.5 Å². The van der Waals surface area contributed by atoms with Crippen molar-refractivity contribution >= 4 is 29.0 Å². The zero-order valence-electron chi connectivity index (χ0n) is 14.9. The Morgan fingerprint density at radius 1 is 1.00 bits per heavy atom. The van der Waals surface area contributed by atoms with Gasteiger partial charge in [0.2, 0.25) is 5.78 Å². The number of ketones is 1. The van der Waals surface area contributed by atoms with E-state index in [1.165, 1.54) is 48.7 Å². The summed E-state index contributed by atoms with van der Waals surface area (Å²) < 4.78 is 9.98. The van der Waals surface area contributed by atoms with E-state index in [0.29, 0.717) is 5.69 Å². The lowest BCUT2D eigenvalue weighted by atomic mass is 10.1. The number of nitro benzene ring substituents is 1. The number of furan rings is 1. The number of non-ortho nitro benzene ring substituents is 1. The average Bonchev–Trinajstić information content (AvgIpc) is 3.27. The van der Waals surface area contributed by atoms with Crippen LogP contribution in [0, 0.1) is 10.1 Å². The van der Waals surface area contributed by atoms with Gasteiger partial charge in [-0.05, 0) is 30.3 Å². The predicted molar refractivity (Wildman–Crippen MR) is 101 cm³/mol. The summed E-state index contributed by atoms with van der Waals surface area (Å²) in [5, 5.41) is 13.4. The number of esters is 1. The number of anilines is 1. The molecule has 29 heavy (non-hydrogen) atoms. The number of nitrogens with zero attached hydrogens (tertiary/aromatic N) is 1. The highest BCUT2D eigenvalue weighted by Gasteiger charge is 2.16. The van der Waals surface area contributed by atoms with E-state index >= 15 is 0 Å². The first-order valence-corrected chi connectivity index (χ1v) is 8.34. The number of ether oxygens (including phenoxy) is 1. The van der Waals surface area contributed by atoms with Gasteiger partial charge < -0.3 is 14.5 Å². The van der Waals surface area contributed by atoms with Gasteiger partial charge in [-0.25, -0.2) is 4.79 Å². The van der Waals surface area contributed by atoms with Crippen LogP contribution in [0.2, 0.25) is 0 Å². The molecule has 1 aromatic heterocycles. The fourth-order valence-corrected chi connectivity index (χ4v) is 2.42. The van der Waals surface area contributed by atoms with E-state index in [4.69, 9.17) is 9.15 Å². The molecule has 2 aromatic carbocycles. The minimum absolute atomic E-state index is 0.0615. The first-order chi connectivity index (χ1) is 13.9. The lowest BCUT2D eigenvalue weighted by Crippen LogP contribution is -2.15. The van der Waals surface area contributed by atoms with Crippen LogP contribution >= 0.6 is 0 Å². The van der Waals surface area contributed by atoms with E-state index < -0.39 is 29.2 Å². The topological polar surface area (TPSA) is 129 Å². The van der Waals surface area contributed by atoms with Crippen molar-refractivity contribution in [2.45, 2.75) is 0 Å². The Bertz CT molecular complexity index is 1070. The van der Waals surface area contributed by atoms with Crippen molar-refractivity contribution in [2.24, 2.45) is 0 Å². The van der Waals surface area contributed by atoms with Crippen molar-refractivity contribution in [3.05, 3.63) is 93.9 Å². The number of amides is 1. The summed E-state index contributed by atoms with van der Waals surface area (Å²) in [6.07, 6.45) is 1.36. The molecule has 0 bridgehead atoms. The zero-order valence-corrected chi connectivity index (χ0v) is 14.9. The minimum atomic E-state index is -0.780. The van der Waals surface area contributed by atoms with Crippen molar-refractivity contribution in [1.82, 2.24) is 0 Å². The summed E-state index contributed by atoms with van der Waals surface area (Å²) in [5.74, 6) is -1.73. The summed E-state index contributed by atoms with van der Waals surface area (Å²) in [7, 11) is 0. The van der Waals surface area contributed by atoms with Crippen molar-refractivity contribution in [3.8, 4) is 0 Å². The number of nitrogens with one attached hydrogen (secondary N) is 1. The summed E-state index contributed by atoms with van der Waals surface area (Å²) >= 11 is 0. The SMILES string of the molecule is O=C(COC(=O)c1cccc(NC(=O)c2ccco2)c1)c1cccc([N+](=O)[O-])c1. The molecule has 9 nitrogen and oxygen atoms in total. The Balaban J connectivity index is 1.62. The van der Waals surface area contributed by atoms with Gasteiger partial charge in [0.15, 0.2) is 12.4 Å². The third kappa shape index (κ3) is 4.92. The second-order valence-corrected chi connectivity index (χ2v) is 5.82. The van der Waals surface area contributed by atoms with Crippen LogP contribution < -0.4 is 5.32 Å². The monoisotopic (exact) mass is 394 g/mol. The smallest absolute Gasteiger partial charge is 0.338 e. The molecule has 0 fully saturated rings. The molecule has 0 saturated heterocycles. The number of Topliss-reactive ketones (excluding diaryl/α,β-unsaturated/α-hetero) is 1. The molecule has 1 N–H and O–H groups in total. The fourth-order valence-electron chi connectivity index (χ4n) is 2.42. The van der Waals surface area contributed by atoms with Gasteiger partial charge in [0.1, 0.15) is 0 Å². The van der Waals surface area contributed by atoms with E-state index in [2.05, 4.69) is 5.32 Å². The number of hydrogen-bond donors (Lipinski definition) is 1. The quantitative estimate of drug-likeness (QED) is 0.281.